The summed E-state index contributed by atoms with van der Waals surface area (Å²) in [6, 6.07) is -0.835. The lowest BCUT2D eigenvalue weighted by Gasteiger charge is -2.72. The maximum Gasteiger partial charge on any atom is 0.326 e. The molecule has 0 aromatic rings. The lowest BCUT2D eigenvalue weighted by atomic mass is 9.32. The van der Waals surface area contributed by atoms with Gasteiger partial charge in [-0.1, -0.05) is 79.9 Å². The maximum atomic E-state index is 14.6. The largest absolute Gasteiger partial charge is 0.481 e. The van der Waals surface area contributed by atoms with E-state index in [1.54, 1.807) is 13.8 Å². The number of carbonyl (C=O) groups excluding carboxylic acids is 3. The smallest absolute Gasteiger partial charge is 0.326 e. The number of rotatable bonds is 18. The summed E-state index contributed by atoms with van der Waals surface area (Å²) in [5, 5.41) is 25.2. The highest BCUT2D eigenvalue weighted by Crippen LogP contribution is 2.77. The molecule has 5 saturated carbocycles. The monoisotopic (exact) mass is 839 g/mol. The third-order valence-electron chi connectivity index (χ3n) is 18.1. The fraction of sp³-hybridized carbons (Fsp3) is 0.860. The van der Waals surface area contributed by atoms with E-state index in [-0.39, 0.29) is 63.2 Å². The van der Waals surface area contributed by atoms with Crippen molar-refractivity contribution in [3.63, 3.8) is 0 Å². The predicted molar refractivity (Wildman–Crippen MR) is 235 cm³/mol. The summed E-state index contributed by atoms with van der Waals surface area (Å²) in [7, 11) is 0. The third-order valence-corrected chi connectivity index (χ3v) is 18.1. The van der Waals surface area contributed by atoms with Gasteiger partial charge in [0.25, 0.3) is 0 Å². The fourth-order valence-electron chi connectivity index (χ4n) is 14.6. The first-order chi connectivity index (χ1) is 27.9. The van der Waals surface area contributed by atoms with Crippen molar-refractivity contribution in [2.24, 2.45) is 68.0 Å². The summed E-state index contributed by atoms with van der Waals surface area (Å²) < 4.78 is 6.18. The summed E-state index contributed by atoms with van der Waals surface area (Å²) in [6.07, 6.45) is 15.0. The first-order valence-corrected chi connectivity index (χ1v) is 23.8. The minimum Gasteiger partial charge on any atom is -0.481 e. The van der Waals surface area contributed by atoms with Crippen LogP contribution in [0, 0.1) is 68.0 Å². The second kappa shape index (κ2) is 18.1. The fourth-order valence-corrected chi connectivity index (χ4v) is 14.6. The van der Waals surface area contributed by atoms with Gasteiger partial charge in [0.15, 0.2) is 0 Å². The molecular weight excluding hydrogens is 757 g/mol. The summed E-state index contributed by atoms with van der Waals surface area (Å²) in [5.74, 6) is -0.177. The molecule has 0 aromatic heterocycles. The molecule has 0 radical (unpaired) electrons. The Labute approximate surface area is 362 Å². The number of hydrogen-bond acceptors (Lipinski definition) is 6. The number of aliphatic carboxylic acids is 2. The molecular formula is C50H82N2O8. The van der Waals surface area contributed by atoms with Gasteiger partial charge in [0.2, 0.25) is 11.8 Å². The standard InChI is InChI=1S/C50H82N2O8/c1-31(2)29-35(42(55)56)52-39(53)17-15-13-12-14-16-28-51-43(57)50-25-20-33(32(3)4)41(50)34-18-19-37-47(9)23-22-38(60-40(54)30-45(5,6)44(58)59)46(7,8)36(47)21-24-49(37,11)48(34,10)26-27-50/h31,33-38,41H,3,12-30H2,1-2,4-11H3,(H,51,57)(H,52,53)(H,55,56)(H,58,59)/t33-,34+,35-,36-,37+,38-,41+,47-,48+,49+,50-/m0/s1. The van der Waals surface area contributed by atoms with E-state index in [1.165, 1.54) is 5.57 Å². The van der Waals surface area contributed by atoms with Crippen LogP contribution in [0.3, 0.4) is 0 Å². The molecule has 4 N–H and O–H groups in total. The molecule has 10 heteroatoms. The second-order valence-corrected chi connectivity index (χ2v) is 22.9. The minimum atomic E-state index is -1.17. The Balaban J connectivity index is 1.20. The van der Waals surface area contributed by atoms with Gasteiger partial charge in [-0.3, -0.25) is 19.2 Å². The molecule has 0 aromatic carbocycles. The van der Waals surface area contributed by atoms with Crippen LogP contribution in [0.4, 0.5) is 0 Å². The topological polar surface area (TPSA) is 159 Å². The van der Waals surface area contributed by atoms with Gasteiger partial charge in [0, 0.05) is 18.4 Å². The van der Waals surface area contributed by atoms with Crippen molar-refractivity contribution in [3.05, 3.63) is 12.2 Å². The highest BCUT2D eigenvalue weighted by molar-refractivity contribution is 5.84. The van der Waals surface area contributed by atoms with E-state index in [0.29, 0.717) is 43.1 Å². The number of carboxylic acids is 2. The molecule has 10 nitrogen and oxygen atoms in total. The molecule has 0 bridgehead atoms. The minimum absolute atomic E-state index is 0.0894. The SMILES string of the molecule is C=C(C)[C@@H]1CC[C@]2(C(=O)NCCCCCCCC(=O)N[C@@H](CC(C)C)C(=O)O)CC[C@]3(C)[C@H](CC[C@@H]4[C@@]5(C)CC[C@H](OC(=O)CC(C)(C)C(=O)O)C(C)(C)[C@@H]5CC[C@]43C)[C@@H]12. The van der Waals surface area contributed by atoms with E-state index in [4.69, 9.17) is 4.74 Å². The molecule has 5 aliphatic rings. The lowest BCUT2D eigenvalue weighted by Crippen LogP contribution is -2.67. The Morgan fingerprint density at radius 3 is 2.10 bits per heavy atom. The van der Waals surface area contributed by atoms with Crippen LogP contribution in [0.15, 0.2) is 12.2 Å². The maximum absolute atomic E-state index is 14.6. The first-order valence-electron chi connectivity index (χ1n) is 23.8. The molecule has 60 heavy (non-hydrogen) atoms. The number of amides is 2. The predicted octanol–water partition coefficient (Wildman–Crippen LogP) is 10.1. The number of nitrogens with one attached hydrogen (secondary N) is 2. The van der Waals surface area contributed by atoms with Crippen LogP contribution in [-0.2, 0) is 28.7 Å². The van der Waals surface area contributed by atoms with Gasteiger partial charge in [0.1, 0.15) is 12.1 Å². The number of carbonyl (C=O) groups is 5. The van der Waals surface area contributed by atoms with Gasteiger partial charge < -0.3 is 25.6 Å². The number of unbranched alkanes of at least 4 members (excludes halogenated alkanes) is 4. The van der Waals surface area contributed by atoms with Gasteiger partial charge in [0.05, 0.1) is 17.3 Å². The zero-order valence-electron chi connectivity index (χ0n) is 39.1. The van der Waals surface area contributed by atoms with Crippen LogP contribution < -0.4 is 10.6 Å². The van der Waals surface area contributed by atoms with Gasteiger partial charge in [-0.15, -0.1) is 0 Å². The number of carboxylic acid groups (broad SMARTS) is 2. The molecule has 0 spiro atoms. The van der Waals surface area contributed by atoms with Crippen LogP contribution in [0.2, 0.25) is 0 Å². The molecule has 11 atom stereocenters. The first kappa shape index (κ1) is 48.1. The van der Waals surface area contributed by atoms with Crippen LogP contribution >= 0.6 is 0 Å². The number of ether oxygens (including phenoxy) is 1. The zero-order valence-corrected chi connectivity index (χ0v) is 39.1. The molecule has 340 valence electrons. The highest BCUT2D eigenvalue weighted by Gasteiger charge is 2.72. The molecule has 5 fully saturated rings. The third kappa shape index (κ3) is 8.96. The molecule has 5 aliphatic carbocycles. The normalized spacial score (nSPS) is 36.1. The van der Waals surface area contributed by atoms with Crippen LogP contribution in [0.25, 0.3) is 0 Å². The van der Waals surface area contributed by atoms with Crippen molar-refractivity contribution < 1.29 is 38.9 Å². The van der Waals surface area contributed by atoms with Crippen molar-refractivity contribution >= 4 is 29.7 Å². The second-order valence-electron chi connectivity index (χ2n) is 22.9. The quantitative estimate of drug-likeness (QED) is 0.0603. The number of hydrogen-bond donors (Lipinski definition) is 4. The van der Waals surface area contributed by atoms with E-state index in [1.807, 2.05) is 13.8 Å². The van der Waals surface area contributed by atoms with E-state index in [0.717, 1.165) is 96.3 Å². The summed E-state index contributed by atoms with van der Waals surface area (Å²) in [5.41, 5.74) is -0.255. The molecule has 2 amide bonds. The Bertz CT molecular complexity index is 1640. The van der Waals surface area contributed by atoms with Gasteiger partial charge in [-0.25, -0.2) is 4.79 Å². The lowest BCUT2D eigenvalue weighted by molar-refractivity contribution is -0.249. The van der Waals surface area contributed by atoms with Crippen LogP contribution in [-0.4, -0.2) is 58.6 Å². The highest BCUT2D eigenvalue weighted by atomic mass is 16.5. The summed E-state index contributed by atoms with van der Waals surface area (Å²) in [6.45, 7) is 26.7. The average Bonchev–Trinajstić information content (AvgIpc) is 3.55. The Hall–Kier alpha value is -2.91. The van der Waals surface area contributed by atoms with Crippen molar-refractivity contribution in [2.45, 2.75) is 197 Å². The van der Waals surface area contributed by atoms with E-state index >= 15 is 0 Å². The molecule has 0 aliphatic heterocycles. The van der Waals surface area contributed by atoms with Gasteiger partial charge in [-0.2, -0.15) is 0 Å². The number of esters is 1. The van der Waals surface area contributed by atoms with Crippen LogP contribution in [0.5, 0.6) is 0 Å². The molecule has 5 rings (SSSR count). The van der Waals surface area contributed by atoms with Crippen molar-refractivity contribution in [1.82, 2.24) is 10.6 Å². The molecule has 0 unspecified atom stereocenters. The Kier molecular flexibility index (Phi) is 14.5. The average molecular weight is 839 g/mol. The van der Waals surface area contributed by atoms with Crippen molar-refractivity contribution in [1.29, 1.82) is 0 Å². The van der Waals surface area contributed by atoms with E-state index < -0.39 is 29.4 Å². The van der Waals surface area contributed by atoms with Crippen molar-refractivity contribution in [3.8, 4) is 0 Å². The number of allylic oxidation sites excluding steroid dienone is 1. The summed E-state index contributed by atoms with van der Waals surface area (Å²) >= 11 is 0. The van der Waals surface area contributed by atoms with Gasteiger partial charge in [-0.05, 0) is 156 Å². The van der Waals surface area contributed by atoms with Gasteiger partial charge >= 0.3 is 17.9 Å². The van der Waals surface area contributed by atoms with E-state index in [9.17, 15) is 34.2 Å². The van der Waals surface area contributed by atoms with Crippen LogP contribution in [0.1, 0.15) is 185 Å². The molecule has 0 heterocycles. The Morgan fingerprint density at radius 1 is 0.800 bits per heavy atom. The molecule has 0 saturated heterocycles. The van der Waals surface area contributed by atoms with E-state index in [2.05, 4.69) is 58.8 Å². The number of fused-ring (bicyclic) bond motifs is 7. The summed E-state index contributed by atoms with van der Waals surface area (Å²) in [4.78, 5) is 63.3. The Morgan fingerprint density at radius 2 is 1.47 bits per heavy atom. The zero-order chi connectivity index (χ0) is 44.6. The van der Waals surface area contributed by atoms with Crippen molar-refractivity contribution in [2.75, 3.05) is 6.54 Å².